The number of carbonyl (C=O) groups is 2. The lowest BCUT2D eigenvalue weighted by Crippen LogP contribution is -2.41. The molecule has 1 aromatic heterocycles. The topological polar surface area (TPSA) is 89.4 Å². The number of halogens is 1. The van der Waals surface area contributed by atoms with E-state index < -0.39 is 0 Å². The number of ether oxygens (including phenoxy) is 1. The molecule has 35 heavy (non-hydrogen) atoms. The van der Waals surface area contributed by atoms with E-state index >= 15 is 0 Å². The average molecular weight is 552 g/mol. The summed E-state index contributed by atoms with van der Waals surface area (Å²) in [5.41, 5.74) is 1.46. The van der Waals surface area contributed by atoms with Crippen LogP contribution >= 0.6 is 27.7 Å². The van der Waals surface area contributed by atoms with Gasteiger partial charge < -0.3 is 14.6 Å². The maximum absolute atomic E-state index is 12.7. The zero-order chi connectivity index (χ0) is 24.5. The van der Waals surface area contributed by atoms with Crippen molar-refractivity contribution in [2.45, 2.75) is 18.1 Å². The molecule has 0 saturated heterocycles. The third-order valence-electron chi connectivity index (χ3n) is 5.85. The quantitative estimate of drug-likeness (QED) is 0.341. The number of nitrogens with one attached hydrogen (secondary N) is 1. The van der Waals surface area contributed by atoms with Gasteiger partial charge in [-0.25, -0.2) is 0 Å². The molecule has 3 aromatic carbocycles. The molecule has 0 fully saturated rings. The van der Waals surface area contributed by atoms with Crippen molar-refractivity contribution in [3.63, 3.8) is 0 Å². The van der Waals surface area contributed by atoms with E-state index in [1.54, 1.807) is 4.90 Å². The molecule has 4 aromatic rings. The van der Waals surface area contributed by atoms with Crippen LogP contribution in [0.15, 0.2) is 70.3 Å². The van der Waals surface area contributed by atoms with Crippen molar-refractivity contribution in [1.29, 1.82) is 0 Å². The molecule has 5 rings (SSSR count). The Morgan fingerprint density at radius 3 is 2.69 bits per heavy atom. The molecule has 0 spiro atoms. The van der Waals surface area contributed by atoms with Crippen LogP contribution in [0.2, 0.25) is 0 Å². The second-order valence-electron chi connectivity index (χ2n) is 8.07. The van der Waals surface area contributed by atoms with Crippen LogP contribution in [-0.4, -0.2) is 38.9 Å². The highest BCUT2D eigenvalue weighted by Crippen LogP contribution is 2.37. The summed E-state index contributed by atoms with van der Waals surface area (Å²) in [4.78, 5) is 27.1. The zero-order valence-electron chi connectivity index (χ0n) is 19.1. The first-order valence-corrected chi connectivity index (χ1v) is 12.7. The third kappa shape index (κ3) is 4.51. The van der Waals surface area contributed by atoms with Gasteiger partial charge in [0.05, 0.1) is 17.5 Å². The maximum atomic E-state index is 12.7. The summed E-state index contributed by atoms with van der Waals surface area (Å²) < 4.78 is 8.35. The van der Waals surface area contributed by atoms with Crippen molar-refractivity contribution in [3.05, 3.63) is 71.0 Å². The van der Waals surface area contributed by atoms with Gasteiger partial charge in [0.25, 0.3) is 5.91 Å². The number of amides is 2. The van der Waals surface area contributed by atoms with Crippen LogP contribution in [0.3, 0.4) is 0 Å². The number of rotatable bonds is 6. The molecular formula is C25H22BrN5O3S. The first-order valence-electron chi connectivity index (χ1n) is 11.0. The number of anilines is 2. The van der Waals surface area contributed by atoms with E-state index in [1.165, 1.54) is 11.8 Å². The minimum absolute atomic E-state index is 0.0221. The standard InChI is InChI=1S/C25H22BrN5O3S/c1-15(31-20-9-5-6-10-21(20)34-13-23(31)33)24-28-29-25(30(24)2)35-14-22(32)27-19-12-11-18(26)16-7-3-4-8-17(16)19/h3-12,15H,13-14H2,1-2H3,(H,27,32)/t15-/m1/s1. The van der Waals surface area contributed by atoms with E-state index in [1.807, 2.05) is 79.2 Å². The van der Waals surface area contributed by atoms with Gasteiger partial charge in [0, 0.05) is 22.6 Å². The first kappa shape index (κ1) is 23.4. The summed E-state index contributed by atoms with van der Waals surface area (Å²) in [6, 6.07) is 18.8. The molecule has 2 heterocycles. The summed E-state index contributed by atoms with van der Waals surface area (Å²) in [6.45, 7) is 1.88. The fourth-order valence-corrected chi connectivity index (χ4v) is 5.36. The van der Waals surface area contributed by atoms with Gasteiger partial charge >= 0.3 is 0 Å². The van der Waals surface area contributed by atoms with Crippen molar-refractivity contribution >= 4 is 61.7 Å². The monoisotopic (exact) mass is 551 g/mol. The highest BCUT2D eigenvalue weighted by atomic mass is 79.9. The molecule has 2 amide bonds. The first-order chi connectivity index (χ1) is 16.9. The Kier molecular flexibility index (Phi) is 6.48. The summed E-state index contributed by atoms with van der Waals surface area (Å²) in [7, 11) is 1.84. The molecule has 0 unspecified atom stereocenters. The van der Waals surface area contributed by atoms with Crippen LogP contribution in [0.5, 0.6) is 5.75 Å². The largest absolute Gasteiger partial charge is 0.482 e. The van der Waals surface area contributed by atoms with Crippen LogP contribution in [-0.2, 0) is 16.6 Å². The predicted molar refractivity (Wildman–Crippen MR) is 140 cm³/mol. The van der Waals surface area contributed by atoms with Crippen molar-refractivity contribution in [3.8, 4) is 5.75 Å². The fraction of sp³-hybridized carbons (Fsp3) is 0.200. The van der Waals surface area contributed by atoms with Gasteiger partial charge in [0.2, 0.25) is 5.91 Å². The molecule has 0 saturated carbocycles. The summed E-state index contributed by atoms with van der Waals surface area (Å²) in [5.74, 6) is 1.17. The summed E-state index contributed by atoms with van der Waals surface area (Å²) >= 11 is 4.85. The Hall–Kier alpha value is -3.37. The second kappa shape index (κ2) is 9.71. The number of benzene rings is 3. The second-order valence-corrected chi connectivity index (χ2v) is 9.87. The minimum atomic E-state index is -0.359. The van der Waals surface area contributed by atoms with Gasteiger partial charge in [-0.15, -0.1) is 10.2 Å². The van der Waals surface area contributed by atoms with Gasteiger partial charge in [0.1, 0.15) is 5.75 Å². The van der Waals surface area contributed by atoms with Gasteiger partial charge in [-0.2, -0.15) is 0 Å². The third-order valence-corrected chi connectivity index (χ3v) is 7.56. The fourth-order valence-electron chi connectivity index (χ4n) is 4.17. The van der Waals surface area contributed by atoms with Crippen molar-refractivity contribution < 1.29 is 14.3 Å². The molecule has 0 radical (unpaired) electrons. The van der Waals surface area contributed by atoms with Gasteiger partial charge in [0.15, 0.2) is 17.6 Å². The van der Waals surface area contributed by atoms with Gasteiger partial charge in [-0.05, 0) is 36.6 Å². The molecule has 1 aliphatic rings. The van der Waals surface area contributed by atoms with Crippen molar-refractivity contribution in [2.24, 2.45) is 7.05 Å². The van der Waals surface area contributed by atoms with E-state index in [-0.39, 0.29) is 30.2 Å². The average Bonchev–Trinajstić information content (AvgIpc) is 3.24. The number of hydrogen-bond donors (Lipinski definition) is 1. The van der Waals surface area contributed by atoms with Crippen molar-refractivity contribution in [1.82, 2.24) is 14.8 Å². The van der Waals surface area contributed by atoms with E-state index in [9.17, 15) is 9.59 Å². The van der Waals surface area contributed by atoms with E-state index in [4.69, 9.17) is 4.74 Å². The van der Waals surface area contributed by atoms with E-state index in [2.05, 4.69) is 31.4 Å². The molecule has 0 aliphatic carbocycles. The molecule has 1 atom stereocenters. The lowest BCUT2D eigenvalue weighted by Gasteiger charge is -2.33. The Morgan fingerprint density at radius 2 is 1.86 bits per heavy atom. The number of hydrogen-bond acceptors (Lipinski definition) is 6. The summed E-state index contributed by atoms with van der Waals surface area (Å²) in [6.07, 6.45) is 0. The number of carbonyl (C=O) groups excluding carboxylic acids is 2. The molecule has 8 nitrogen and oxygen atoms in total. The van der Waals surface area contributed by atoms with Gasteiger partial charge in [-0.3, -0.25) is 14.5 Å². The SMILES string of the molecule is C[C@H](c1nnc(SCC(=O)Nc2ccc(Br)c3ccccc23)n1C)N1C(=O)COc2ccccc21. The number of fused-ring (bicyclic) bond motifs is 2. The predicted octanol–water partition coefficient (Wildman–Crippen LogP) is 4.95. The Morgan fingerprint density at radius 1 is 1.11 bits per heavy atom. The van der Waals surface area contributed by atoms with Crippen LogP contribution in [0, 0.1) is 0 Å². The number of para-hydroxylation sites is 2. The van der Waals surface area contributed by atoms with Crippen LogP contribution in [0.1, 0.15) is 18.8 Å². The van der Waals surface area contributed by atoms with E-state index in [0.29, 0.717) is 22.4 Å². The van der Waals surface area contributed by atoms with E-state index in [0.717, 1.165) is 20.9 Å². The Balaban J connectivity index is 1.29. The normalized spacial score (nSPS) is 13.9. The molecule has 1 N–H and O–H groups in total. The minimum Gasteiger partial charge on any atom is -0.482 e. The molecule has 0 bridgehead atoms. The van der Waals surface area contributed by atoms with Gasteiger partial charge in [-0.1, -0.05) is 64.1 Å². The number of aromatic nitrogens is 3. The van der Waals surface area contributed by atoms with Crippen LogP contribution in [0.4, 0.5) is 11.4 Å². The maximum Gasteiger partial charge on any atom is 0.265 e. The zero-order valence-corrected chi connectivity index (χ0v) is 21.5. The van der Waals surface area contributed by atoms with Crippen LogP contribution in [0.25, 0.3) is 10.8 Å². The smallest absolute Gasteiger partial charge is 0.265 e. The van der Waals surface area contributed by atoms with Crippen molar-refractivity contribution in [2.75, 3.05) is 22.6 Å². The number of thioether (sulfide) groups is 1. The lowest BCUT2D eigenvalue weighted by atomic mass is 10.1. The molecule has 10 heteroatoms. The number of nitrogens with zero attached hydrogens (tertiary/aromatic N) is 4. The Labute approximate surface area is 214 Å². The molecule has 1 aliphatic heterocycles. The highest BCUT2D eigenvalue weighted by Gasteiger charge is 2.32. The Bertz CT molecular complexity index is 1440. The summed E-state index contributed by atoms with van der Waals surface area (Å²) in [5, 5.41) is 14.2. The highest BCUT2D eigenvalue weighted by molar-refractivity contribution is 9.10. The molecular weight excluding hydrogens is 530 g/mol. The lowest BCUT2D eigenvalue weighted by molar-refractivity contribution is -0.121. The van der Waals surface area contributed by atoms with Crippen LogP contribution < -0.4 is 15.0 Å². The molecule has 178 valence electrons.